The minimum atomic E-state index is -0.798. The number of hydrogen-bond donors (Lipinski definition) is 1. The second-order valence-electron chi connectivity index (χ2n) is 4.42. The molecule has 0 aliphatic carbocycles. The van der Waals surface area contributed by atoms with Crippen molar-refractivity contribution in [1.82, 2.24) is 9.36 Å². The van der Waals surface area contributed by atoms with Crippen LogP contribution < -0.4 is 0 Å². The molecule has 0 aliphatic rings. The third kappa shape index (κ3) is 3.80. The summed E-state index contributed by atoms with van der Waals surface area (Å²) < 4.78 is 5.22. The number of carboxylic acids is 1. The van der Waals surface area contributed by atoms with Crippen LogP contribution in [0.25, 0.3) is 0 Å². The first kappa shape index (κ1) is 15.0. The lowest BCUT2D eigenvalue weighted by atomic mass is 10.0. The highest BCUT2D eigenvalue weighted by molar-refractivity contribution is 8.00. The standard InChI is InChI=1S/C14H16N2O2S2/c1-3-12-15-14(20-16-12)19-8-10-4-6-11(7-5-10)9(2)13(17)18/h4-7,9H,3,8H2,1-2H3,(H,17,18). The molecule has 0 saturated carbocycles. The molecule has 2 aromatic rings. The molecule has 0 aliphatic heterocycles. The van der Waals surface area contributed by atoms with Crippen molar-refractivity contribution in [3.05, 3.63) is 41.2 Å². The second-order valence-corrected chi connectivity index (χ2v) is 6.39. The number of hydrogen-bond acceptors (Lipinski definition) is 5. The van der Waals surface area contributed by atoms with E-state index in [1.807, 2.05) is 31.2 Å². The van der Waals surface area contributed by atoms with Gasteiger partial charge in [0.25, 0.3) is 0 Å². The van der Waals surface area contributed by atoms with Gasteiger partial charge in [-0.25, -0.2) is 4.98 Å². The molecule has 1 heterocycles. The van der Waals surface area contributed by atoms with Crippen molar-refractivity contribution in [2.45, 2.75) is 36.3 Å². The Bertz CT molecular complexity index is 581. The Morgan fingerprint density at radius 2 is 2.10 bits per heavy atom. The molecule has 1 atom stereocenters. The predicted molar refractivity (Wildman–Crippen MR) is 81.3 cm³/mol. The van der Waals surface area contributed by atoms with Crippen molar-refractivity contribution in [3.8, 4) is 0 Å². The molecule has 106 valence electrons. The lowest BCUT2D eigenvalue weighted by molar-refractivity contribution is -0.138. The number of carboxylic acid groups (broad SMARTS) is 1. The Labute approximate surface area is 126 Å². The van der Waals surface area contributed by atoms with Gasteiger partial charge in [0, 0.05) is 12.2 Å². The summed E-state index contributed by atoms with van der Waals surface area (Å²) >= 11 is 3.09. The quantitative estimate of drug-likeness (QED) is 0.826. The Hall–Kier alpha value is -1.40. The van der Waals surface area contributed by atoms with Gasteiger partial charge in [-0.2, -0.15) is 4.37 Å². The highest BCUT2D eigenvalue weighted by Crippen LogP contribution is 2.25. The van der Waals surface area contributed by atoms with Crippen LogP contribution in [0.5, 0.6) is 0 Å². The fourth-order valence-corrected chi connectivity index (χ4v) is 3.28. The normalized spacial score (nSPS) is 12.3. The van der Waals surface area contributed by atoms with Crippen LogP contribution in [0.15, 0.2) is 28.6 Å². The van der Waals surface area contributed by atoms with Crippen LogP contribution in [0.4, 0.5) is 0 Å². The van der Waals surface area contributed by atoms with Gasteiger partial charge in [0.2, 0.25) is 0 Å². The molecule has 0 radical (unpaired) electrons. The molecule has 1 aromatic heterocycles. The molecule has 1 aromatic carbocycles. The summed E-state index contributed by atoms with van der Waals surface area (Å²) in [6.07, 6.45) is 0.860. The summed E-state index contributed by atoms with van der Waals surface area (Å²) in [7, 11) is 0. The zero-order chi connectivity index (χ0) is 14.5. The highest BCUT2D eigenvalue weighted by atomic mass is 32.2. The number of nitrogens with zero attached hydrogens (tertiary/aromatic N) is 2. The number of benzene rings is 1. The highest BCUT2D eigenvalue weighted by Gasteiger charge is 2.13. The number of aliphatic carboxylic acids is 1. The van der Waals surface area contributed by atoms with E-state index in [-0.39, 0.29) is 0 Å². The average Bonchev–Trinajstić information content (AvgIpc) is 2.93. The summed E-state index contributed by atoms with van der Waals surface area (Å²) in [5, 5.41) is 8.96. The van der Waals surface area contributed by atoms with E-state index in [9.17, 15) is 4.79 Å². The topological polar surface area (TPSA) is 63.1 Å². The van der Waals surface area contributed by atoms with E-state index in [1.165, 1.54) is 11.5 Å². The van der Waals surface area contributed by atoms with Gasteiger partial charge in [0.15, 0.2) is 4.34 Å². The SMILES string of the molecule is CCc1nsc(SCc2ccc(C(C)C(=O)O)cc2)n1. The first-order valence-electron chi connectivity index (χ1n) is 6.37. The predicted octanol–water partition coefficient (Wildman–Crippen LogP) is 3.58. The molecule has 0 spiro atoms. The van der Waals surface area contributed by atoms with Gasteiger partial charge in [-0.1, -0.05) is 43.0 Å². The lowest BCUT2D eigenvalue weighted by Gasteiger charge is -2.07. The van der Waals surface area contributed by atoms with E-state index in [0.717, 1.165) is 33.5 Å². The monoisotopic (exact) mass is 308 g/mol. The summed E-state index contributed by atoms with van der Waals surface area (Å²) in [5.74, 6) is 0.447. The Morgan fingerprint density at radius 1 is 1.40 bits per heavy atom. The summed E-state index contributed by atoms with van der Waals surface area (Å²) in [5.41, 5.74) is 1.99. The first-order chi connectivity index (χ1) is 9.60. The third-order valence-corrected chi connectivity index (χ3v) is 4.92. The number of thioether (sulfide) groups is 1. The van der Waals surface area contributed by atoms with Crippen LogP contribution >= 0.6 is 23.3 Å². The number of aromatic nitrogens is 2. The molecule has 0 amide bonds. The van der Waals surface area contributed by atoms with E-state index < -0.39 is 11.9 Å². The minimum absolute atomic E-state index is 0.466. The zero-order valence-corrected chi connectivity index (χ0v) is 13.0. The van der Waals surface area contributed by atoms with E-state index in [0.29, 0.717) is 0 Å². The molecule has 0 fully saturated rings. The number of aryl methyl sites for hydroxylation is 1. The molecular formula is C14H16N2O2S2. The summed E-state index contributed by atoms with van der Waals surface area (Å²) in [6, 6.07) is 7.71. The molecule has 6 heteroatoms. The minimum Gasteiger partial charge on any atom is -0.481 e. The lowest BCUT2D eigenvalue weighted by Crippen LogP contribution is -2.07. The van der Waals surface area contributed by atoms with Gasteiger partial charge in [-0.3, -0.25) is 4.79 Å². The fourth-order valence-electron chi connectivity index (χ4n) is 1.63. The molecular weight excluding hydrogens is 292 g/mol. The van der Waals surface area contributed by atoms with Gasteiger partial charge < -0.3 is 5.11 Å². The van der Waals surface area contributed by atoms with Crippen LogP contribution in [0.1, 0.15) is 36.7 Å². The average molecular weight is 308 g/mol. The van der Waals surface area contributed by atoms with E-state index in [4.69, 9.17) is 5.11 Å². The molecule has 20 heavy (non-hydrogen) atoms. The van der Waals surface area contributed by atoms with Crippen molar-refractivity contribution in [1.29, 1.82) is 0 Å². The van der Waals surface area contributed by atoms with Gasteiger partial charge in [0.1, 0.15) is 5.82 Å². The van der Waals surface area contributed by atoms with Crippen LogP contribution in [-0.2, 0) is 17.0 Å². The van der Waals surface area contributed by atoms with E-state index in [1.54, 1.807) is 18.7 Å². The van der Waals surface area contributed by atoms with Crippen molar-refractivity contribution in [2.75, 3.05) is 0 Å². The number of carbonyl (C=O) groups is 1. The van der Waals surface area contributed by atoms with Gasteiger partial charge >= 0.3 is 5.97 Å². The fraction of sp³-hybridized carbons (Fsp3) is 0.357. The molecule has 0 bridgehead atoms. The van der Waals surface area contributed by atoms with Crippen molar-refractivity contribution >= 4 is 29.3 Å². The molecule has 2 rings (SSSR count). The van der Waals surface area contributed by atoms with Crippen molar-refractivity contribution < 1.29 is 9.90 Å². The smallest absolute Gasteiger partial charge is 0.310 e. The van der Waals surface area contributed by atoms with Crippen LogP contribution in [-0.4, -0.2) is 20.4 Å². The Morgan fingerprint density at radius 3 is 2.65 bits per heavy atom. The molecule has 1 N–H and O–H groups in total. The summed E-state index contributed by atoms with van der Waals surface area (Å²) in [4.78, 5) is 15.3. The van der Waals surface area contributed by atoms with Gasteiger partial charge in [0.05, 0.1) is 5.92 Å². The maximum atomic E-state index is 10.9. The van der Waals surface area contributed by atoms with Crippen LogP contribution in [0, 0.1) is 0 Å². The zero-order valence-electron chi connectivity index (χ0n) is 11.4. The van der Waals surface area contributed by atoms with Gasteiger partial charge in [-0.15, -0.1) is 0 Å². The molecule has 1 unspecified atom stereocenters. The summed E-state index contributed by atoms with van der Waals surface area (Å²) in [6.45, 7) is 3.73. The third-order valence-electron chi connectivity index (χ3n) is 2.98. The van der Waals surface area contributed by atoms with E-state index >= 15 is 0 Å². The molecule has 0 saturated heterocycles. The Balaban J connectivity index is 1.95. The largest absolute Gasteiger partial charge is 0.481 e. The van der Waals surface area contributed by atoms with Crippen molar-refractivity contribution in [3.63, 3.8) is 0 Å². The molecule has 4 nitrogen and oxygen atoms in total. The van der Waals surface area contributed by atoms with E-state index in [2.05, 4.69) is 9.36 Å². The number of rotatable bonds is 6. The van der Waals surface area contributed by atoms with Crippen molar-refractivity contribution in [2.24, 2.45) is 0 Å². The van der Waals surface area contributed by atoms with Crippen LogP contribution in [0.3, 0.4) is 0 Å². The maximum Gasteiger partial charge on any atom is 0.310 e. The van der Waals surface area contributed by atoms with Gasteiger partial charge in [-0.05, 0) is 29.6 Å². The van der Waals surface area contributed by atoms with Crippen LogP contribution in [0.2, 0.25) is 0 Å². The Kier molecular flexibility index (Phi) is 5.14. The maximum absolute atomic E-state index is 10.9. The first-order valence-corrected chi connectivity index (χ1v) is 8.13. The second kappa shape index (κ2) is 6.85.